The maximum Gasteiger partial charge on any atom is 0.294 e. The highest BCUT2D eigenvalue weighted by atomic mass is 79.9. The van der Waals surface area contributed by atoms with Gasteiger partial charge in [0.05, 0.1) is 16.5 Å². The van der Waals surface area contributed by atoms with Crippen molar-refractivity contribution < 1.29 is 23.9 Å². The van der Waals surface area contributed by atoms with Crippen LogP contribution in [0.4, 0.5) is 10.5 Å². The Labute approximate surface area is 235 Å². The third-order valence-corrected chi connectivity index (χ3v) is 7.35. The van der Waals surface area contributed by atoms with Crippen LogP contribution >= 0.6 is 43.6 Å². The van der Waals surface area contributed by atoms with Gasteiger partial charge in [0.1, 0.15) is 13.2 Å². The Balaban J connectivity index is 1.46. The maximum absolute atomic E-state index is 12.9. The van der Waals surface area contributed by atoms with Gasteiger partial charge >= 0.3 is 0 Å². The number of nitrogens with zero attached hydrogens (tertiary/aromatic N) is 1. The summed E-state index contributed by atoms with van der Waals surface area (Å²) in [6.07, 6.45) is 1.59. The number of imide groups is 1. The Morgan fingerprint density at radius 2 is 1.84 bits per heavy atom. The van der Waals surface area contributed by atoms with E-state index in [1.165, 1.54) is 7.11 Å². The molecule has 1 fully saturated rings. The highest BCUT2D eigenvalue weighted by molar-refractivity contribution is 9.10. The first-order valence-corrected chi connectivity index (χ1v) is 13.5. The molecule has 0 aliphatic carbocycles. The first-order chi connectivity index (χ1) is 17.7. The number of hydrogen-bond acceptors (Lipinski definition) is 6. The van der Waals surface area contributed by atoms with Gasteiger partial charge in [-0.15, -0.1) is 0 Å². The van der Waals surface area contributed by atoms with Crippen molar-refractivity contribution in [1.82, 2.24) is 4.90 Å². The average molecular weight is 646 g/mol. The Morgan fingerprint density at radius 3 is 2.54 bits per heavy atom. The smallest absolute Gasteiger partial charge is 0.294 e. The average Bonchev–Trinajstić information content (AvgIpc) is 3.11. The molecule has 1 saturated heterocycles. The van der Waals surface area contributed by atoms with E-state index < -0.39 is 17.1 Å². The number of ether oxygens (including phenoxy) is 2. The van der Waals surface area contributed by atoms with Crippen LogP contribution in [0.15, 0.2) is 74.5 Å². The maximum atomic E-state index is 12.9. The highest BCUT2D eigenvalue weighted by Crippen LogP contribution is 2.39. The number of aryl methyl sites for hydroxylation is 1. The van der Waals surface area contributed by atoms with E-state index in [0.717, 1.165) is 32.3 Å². The van der Waals surface area contributed by atoms with Crippen LogP contribution in [0.1, 0.15) is 16.7 Å². The summed E-state index contributed by atoms with van der Waals surface area (Å²) in [5.41, 5.74) is 3.21. The van der Waals surface area contributed by atoms with Gasteiger partial charge in [-0.1, -0.05) is 40.2 Å². The van der Waals surface area contributed by atoms with E-state index in [9.17, 15) is 14.4 Å². The molecule has 10 heteroatoms. The summed E-state index contributed by atoms with van der Waals surface area (Å²) in [5.74, 6) is 0.00359. The largest absolute Gasteiger partial charge is 0.493 e. The first-order valence-electron chi connectivity index (χ1n) is 11.1. The lowest BCUT2D eigenvalue weighted by Gasteiger charge is -2.14. The molecule has 0 radical (unpaired) electrons. The number of hydrogen-bond donors (Lipinski definition) is 1. The summed E-state index contributed by atoms with van der Waals surface area (Å²) in [6, 6.07) is 18.6. The van der Waals surface area contributed by atoms with Crippen LogP contribution in [0.2, 0.25) is 0 Å². The quantitative estimate of drug-likeness (QED) is 0.272. The van der Waals surface area contributed by atoms with Gasteiger partial charge in [-0.3, -0.25) is 19.3 Å². The topological polar surface area (TPSA) is 84.9 Å². The van der Waals surface area contributed by atoms with Crippen molar-refractivity contribution >= 4 is 72.4 Å². The minimum atomic E-state index is -0.528. The van der Waals surface area contributed by atoms with E-state index in [-0.39, 0.29) is 11.4 Å². The fraction of sp³-hybridized carbons (Fsp3) is 0.148. The molecule has 1 heterocycles. The lowest BCUT2D eigenvalue weighted by molar-refractivity contribution is -0.127. The fourth-order valence-corrected chi connectivity index (χ4v) is 5.23. The summed E-state index contributed by atoms with van der Waals surface area (Å²) in [4.78, 5) is 39.0. The molecule has 0 aromatic heterocycles. The van der Waals surface area contributed by atoms with E-state index in [1.54, 1.807) is 24.3 Å². The summed E-state index contributed by atoms with van der Waals surface area (Å²) in [6.45, 7) is 1.88. The second-order valence-corrected chi connectivity index (χ2v) is 10.9. The number of carbonyl (C=O) groups excluding carboxylic acids is 3. The predicted molar refractivity (Wildman–Crippen MR) is 152 cm³/mol. The van der Waals surface area contributed by atoms with Crippen LogP contribution in [-0.4, -0.2) is 35.6 Å². The zero-order valence-corrected chi connectivity index (χ0v) is 23.9. The van der Waals surface area contributed by atoms with Crippen LogP contribution in [0.3, 0.4) is 0 Å². The Bertz CT molecular complexity index is 1390. The standard InChI is InChI=1S/C27H22Br2N2O5S/c1-16-4-3-5-20(10-16)30-24(32)14-31-26(33)23(37-27(31)34)13-18-11-21(29)25(22(12-18)35-2)36-15-17-6-8-19(28)9-7-17/h3-13H,14-15H2,1-2H3,(H,30,32)/b23-13+. The SMILES string of the molecule is COc1cc(/C=C2/SC(=O)N(CC(=O)Nc3cccc(C)c3)C2=O)cc(Br)c1OCc1ccc(Br)cc1. The molecule has 0 bridgehead atoms. The Kier molecular flexibility index (Phi) is 8.73. The third-order valence-electron chi connectivity index (χ3n) is 5.32. The Morgan fingerprint density at radius 1 is 1.08 bits per heavy atom. The summed E-state index contributed by atoms with van der Waals surface area (Å²) < 4.78 is 13.1. The van der Waals surface area contributed by atoms with E-state index in [1.807, 2.05) is 49.4 Å². The van der Waals surface area contributed by atoms with Gasteiger partial charge in [-0.05, 0) is 93.8 Å². The van der Waals surface area contributed by atoms with Crippen molar-refractivity contribution in [2.45, 2.75) is 13.5 Å². The van der Waals surface area contributed by atoms with Crippen LogP contribution in [0.25, 0.3) is 6.08 Å². The number of thioether (sulfide) groups is 1. The first kappa shape index (κ1) is 27.0. The molecule has 0 atom stereocenters. The summed E-state index contributed by atoms with van der Waals surface area (Å²) >= 11 is 7.72. The number of benzene rings is 3. The van der Waals surface area contributed by atoms with Gasteiger partial charge in [-0.2, -0.15) is 0 Å². The fourth-order valence-electron chi connectivity index (χ4n) is 3.55. The van der Waals surface area contributed by atoms with Crippen LogP contribution in [0, 0.1) is 6.92 Å². The van der Waals surface area contributed by atoms with Crippen molar-refractivity contribution in [3.8, 4) is 11.5 Å². The molecule has 7 nitrogen and oxygen atoms in total. The van der Waals surface area contributed by atoms with Crippen LogP contribution < -0.4 is 14.8 Å². The highest BCUT2D eigenvalue weighted by Gasteiger charge is 2.36. The summed E-state index contributed by atoms with van der Waals surface area (Å²) in [5, 5.41) is 2.21. The van der Waals surface area contributed by atoms with E-state index in [2.05, 4.69) is 37.2 Å². The number of halogens is 2. The van der Waals surface area contributed by atoms with E-state index >= 15 is 0 Å². The molecule has 190 valence electrons. The predicted octanol–water partition coefficient (Wildman–Crippen LogP) is 6.78. The molecule has 0 unspecified atom stereocenters. The lowest BCUT2D eigenvalue weighted by Crippen LogP contribution is -2.36. The number of amides is 3. The number of rotatable bonds is 8. The molecule has 3 amide bonds. The zero-order chi connectivity index (χ0) is 26.5. The molecule has 0 spiro atoms. The van der Waals surface area contributed by atoms with Gasteiger partial charge in [-0.25, -0.2) is 0 Å². The normalized spacial score (nSPS) is 14.3. The van der Waals surface area contributed by atoms with E-state index in [0.29, 0.717) is 33.8 Å². The van der Waals surface area contributed by atoms with Crippen molar-refractivity contribution in [1.29, 1.82) is 0 Å². The number of nitrogens with one attached hydrogen (secondary N) is 1. The van der Waals surface area contributed by atoms with Crippen molar-refractivity contribution in [3.63, 3.8) is 0 Å². The Hall–Kier alpha value is -3.08. The zero-order valence-electron chi connectivity index (χ0n) is 19.9. The minimum Gasteiger partial charge on any atom is -0.493 e. The molecular formula is C27H22Br2N2O5S. The van der Waals surface area contributed by atoms with Gasteiger partial charge in [0.25, 0.3) is 11.1 Å². The molecule has 3 aromatic rings. The van der Waals surface area contributed by atoms with Crippen LogP contribution in [-0.2, 0) is 16.2 Å². The van der Waals surface area contributed by atoms with Gasteiger partial charge in [0.15, 0.2) is 11.5 Å². The second-order valence-electron chi connectivity index (χ2n) is 8.13. The van der Waals surface area contributed by atoms with Gasteiger partial charge in [0, 0.05) is 10.2 Å². The lowest BCUT2D eigenvalue weighted by atomic mass is 10.1. The van der Waals surface area contributed by atoms with Crippen LogP contribution in [0.5, 0.6) is 11.5 Å². The van der Waals surface area contributed by atoms with Crippen molar-refractivity contribution in [3.05, 3.63) is 91.2 Å². The molecular weight excluding hydrogens is 624 g/mol. The molecule has 3 aromatic carbocycles. The molecule has 37 heavy (non-hydrogen) atoms. The summed E-state index contributed by atoms with van der Waals surface area (Å²) in [7, 11) is 1.53. The van der Waals surface area contributed by atoms with E-state index in [4.69, 9.17) is 9.47 Å². The number of methoxy groups -OCH3 is 1. The van der Waals surface area contributed by atoms with Crippen molar-refractivity contribution in [2.75, 3.05) is 19.0 Å². The third kappa shape index (κ3) is 6.82. The molecule has 4 rings (SSSR count). The molecule has 1 aliphatic rings. The molecule has 0 saturated carbocycles. The second kappa shape index (κ2) is 12.0. The minimum absolute atomic E-state index is 0.214. The van der Waals surface area contributed by atoms with Gasteiger partial charge in [0.2, 0.25) is 5.91 Å². The number of carbonyl (C=O) groups is 3. The van der Waals surface area contributed by atoms with Gasteiger partial charge < -0.3 is 14.8 Å². The van der Waals surface area contributed by atoms with Crippen molar-refractivity contribution in [2.24, 2.45) is 0 Å². The molecule has 1 aliphatic heterocycles. The number of anilines is 1. The molecule has 1 N–H and O–H groups in total. The monoisotopic (exact) mass is 644 g/mol.